The molecule has 0 saturated heterocycles. The predicted octanol–water partition coefficient (Wildman–Crippen LogP) is 2.71. The van der Waals surface area contributed by atoms with E-state index in [4.69, 9.17) is 10.00 Å². The second kappa shape index (κ2) is 6.60. The van der Waals surface area contributed by atoms with Crippen molar-refractivity contribution in [3.8, 4) is 11.8 Å². The van der Waals surface area contributed by atoms with Gasteiger partial charge in [0, 0.05) is 6.54 Å². The summed E-state index contributed by atoms with van der Waals surface area (Å²) in [5, 5.41) is 22.3. The lowest BCUT2D eigenvalue weighted by Gasteiger charge is -2.16. The van der Waals surface area contributed by atoms with Crippen molar-refractivity contribution in [1.82, 2.24) is 0 Å². The van der Waals surface area contributed by atoms with Crippen molar-refractivity contribution in [1.29, 1.82) is 5.26 Å². The van der Waals surface area contributed by atoms with E-state index in [0.717, 1.165) is 5.56 Å². The molecule has 2 N–H and O–H groups in total. The number of aliphatic hydroxyl groups excluding tert-OH is 1. The van der Waals surface area contributed by atoms with Gasteiger partial charge in [-0.3, -0.25) is 0 Å². The highest BCUT2D eigenvalue weighted by Crippen LogP contribution is 2.28. The highest BCUT2D eigenvalue weighted by atomic mass is 16.5. The van der Waals surface area contributed by atoms with Crippen LogP contribution in [0.4, 0.5) is 5.69 Å². The topological polar surface area (TPSA) is 65.3 Å². The molecule has 2 aromatic carbocycles. The van der Waals surface area contributed by atoms with Gasteiger partial charge in [-0.1, -0.05) is 36.4 Å². The molecule has 20 heavy (non-hydrogen) atoms. The van der Waals surface area contributed by atoms with Crippen molar-refractivity contribution in [2.45, 2.75) is 6.10 Å². The third-order valence-electron chi connectivity index (χ3n) is 3.02. The first-order chi connectivity index (χ1) is 9.76. The molecule has 0 saturated carbocycles. The zero-order chi connectivity index (χ0) is 14.4. The van der Waals surface area contributed by atoms with Gasteiger partial charge >= 0.3 is 0 Å². The molecule has 0 spiro atoms. The van der Waals surface area contributed by atoms with Crippen LogP contribution in [-0.4, -0.2) is 18.8 Å². The third-order valence-corrected chi connectivity index (χ3v) is 3.02. The monoisotopic (exact) mass is 268 g/mol. The third kappa shape index (κ3) is 3.08. The largest absolute Gasteiger partial charge is 0.495 e. The molecule has 2 rings (SSSR count). The van der Waals surface area contributed by atoms with Crippen molar-refractivity contribution >= 4 is 5.69 Å². The number of nitrogens with one attached hydrogen (secondary N) is 1. The Kier molecular flexibility index (Phi) is 4.59. The quantitative estimate of drug-likeness (QED) is 0.875. The summed E-state index contributed by atoms with van der Waals surface area (Å²) in [4.78, 5) is 0. The summed E-state index contributed by atoms with van der Waals surface area (Å²) in [6, 6.07) is 16.7. The van der Waals surface area contributed by atoms with Crippen molar-refractivity contribution in [3.63, 3.8) is 0 Å². The first-order valence-electron chi connectivity index (χ1n) is 6.30. The van der Waals surface area contributed by atoms with Gasteiger partial charge in [0.2, 0.25) is 0 Å². The van der Waals surface area contributed by atoms with Gasteiger partial charge in [-0.15, -0.1) is 0 Å². The van der Waals surface area contributed by atoms with Gasteiger partial charge in [0.15, 0.2) is 0 Å². The van der Waals surface area contributed by atoms with Crippen molar-refractivity contribution in [3.05, 3.63) is 59.7 Å². The number of ether oxygens (including phenoxy) is 1. The Labute approximate surface area is 118 Å². The minimum absolute atomic E-state index is 0.305. The lowest BCUT2D eigenvalue weighted by Crippen LogP contribution is -2.13. The van der Waals surface area contributed by atoms with Crippen LogP contribution < -0.4 is 10.1 Å². The summed E-state index contributed by atoms with van der Waals surface area (Å²) in [6.45, 7) is 0.305. The molecule has 4 heteroatoms. The molecule has 0 bridgehead atoms. The van der Waals surface area contributed by atoms with E-state index in [0.29, 0.717) is 23.5 Å². The van der Waals surface area contributed by atoms with E-state index < -0.39 is 6.10 Å². The summed E-state index contributed by atoms with van der Waals surface area (Å²) < 4.78 is 5.23. The first-order valence-corrected chi connectivity index (χ1v) is 6.30. The minimum atomic E-state index is -0.646. The van der Waals surface area contributed by atoms with Crippen molar-refractivity contribution in [2.24, 2.45) is 0 Å². The van der Waals surface area contributed by atoms with Crippen LogP contribution in [0.5, 0.6) is 5.75 Å². The Hall–Kier alpha value is -2.51. The molecule has 0 aliphatic heterocycles. The molecule has 2 aromatic rings. The summed E-state index contributed by atoms with van der Waals surface area (Å²) in [5.41, 5.74) is 1.92. The number of para-hydroxylation sites is 1. The maximum Gasteiger partial charge on any atom is 0.143 e. The second-order valence-electron chi connectivity index (χ2n) is 4.30. The molecule has 1 atom stereocenters. The highest BCUT2D eigenvalue weighted by Gasteiger charge is 2.11. The molecule has 0 heterocycles. The van der Waals surface area contributed by atoms with E-state index in [1.807, 2.05) is 30.3 Å². The van der Waals surface area contributed by atoms with E-state index >= 15 is 0 Å². The molecule has 4 nitrogen and oxygen atoms in total. The van der Waals surface area contributed by atoms with Crippen LogP contribution in [0.2, 0.25) is 0 Å². The maximum atomic E-state index is 10.1. The van der Waals surface area contributed by atoms with Crippen LogP contribution >= 0.6 is 0 Å². The van der Waals surface area contributed by atoms with E-state index in [1.54, 1.807) is 25.3 Å². The first kappa shape index (κ1) is 13.9. The standard InChI is InChI=1S/C16H16N2O2/c1-20-15-9-5-8-13(10-17)16(15)18-11-14(19)12-6-3-2-4-7-12/h2-9,14,18-19H,11H2,1H3. The van der Waals surface area contributed by atoms with Gasteiger partial charge in [0.05, 0.1) is 24.5 Å². The Bertz CT molecular complexity index is 606. The summed E-state index contributed by atoms with van der Waals surface area (Å²) in [6.07, 6.45) is -0.646. The Balaban J connectivity index is 2.13. The number of nitrogens with zero attached hydrogens (tertiary/aromatic N) is 1. The second-order valence-corrected chi connectivity index (χ2v) is 4.30. The zero-order valence-electron chi connectivity index (χ0n) is 11.2. The molecule has 0 radical (unpaired) electrons. The molecule has 0 aliphatic rings. The van der Waals surface area contributed by atoms with Crippen LogP contribution in [-0.2, 0) is 0 Å². The summed E-state index contributed by atoms with van der Waals surface area (Å²) >= 11 is 0. The maximum absolute atomic E-state index is 10.1. The number of rotatable bonds is 5. The average Bonchev–Trinajstić information content (AvgIpc) is 2.52. The molecule has 1 unspecified atom stereocenters. The lowest BCUT2D eigenvalue weighted by molar-refractivity contribution is 0.191. The molecule has 102 valence electrons. The number of anilines is 1. The summed E-state index contributed by atoms with van der Waals surface area (Å²) in [5.74, 6) is 0.587. The normalized spacial score (nSPS) is 11.4. The SMILES string of the molecule is COc1cccc(C#N)c1NCC(O)c1ccccc1. The zero-order valence-corrected chi connectivity index (χ0v) is 11.2. The molecular formula is C16H16N2O2. The van der Waals surface area contributed by atoms with Crippen LogP contribution in [0.1, 0.15) is 17.2 Å². The molecule has 0 fully saturated rings. The van der Waals surface area contributed by atoms with E-state index in [-0.39, 0.29) is 0 Å². The van der Waals surface area contributed by atoms with Gasteiger partial charge in [0.1, 0.15) is 11.8 Å². The Morgan fingerprint density at radius 3 is 2.60 bits per heavy atom. The molecule has 0 aliphatic carbocycles. The smallest absolute Gasteiger partial charge is 0.143 e. The molecular weight excluding hydrogens is 252 g/mol. The van der Waals surface area contributed by atoms with E-state index in [1.165, 1.54) is 0 Å². The number of hydrogen-bond acceptors (Lipinski definition) is 4. The number of nitriles is 1. The summed E-state index contributed by atoms with van der Waals surface area (Å²) in [7, 11) is 1.55. The van der Waals surface area contributed by atoms with Crippen LogP contribution in [0.15, 0.2) is 48.5 Å². The van der Waals surface area contributed by atoms with Gasteiger partial charge in [-0.05, 0) is 17.7 Å². The van der Waals surface area contributed by atoms with Gasteiger partial charge < -0.3 is 15.2 Å². The molecule has 0 amide bonds. The Morgan fingerprint density at radius 1 is 1.20 bits per heavy atom. The average molecular weight is 268 g/mol. The van der Waals surface area contributed by atoms with Gasteiger partial charge in [-0.25, -0.2) is 0 Å². The van der Waals surface area contributed by atoms with E-state index in [2.05, 4.69) is 11.4 Å². The fourth-order valence-corrected chi connectivity index (χ4v) is 1.97. The molecule has 0 aromatic heterocycles. The minimum Gasteiger partial charge on any atom is -0.495 e. The van der Waals surface area contributed by atoms with Crippen LogP contribution in [0.25, 0.3) is 0 Å². The van der Waals surface area contributed by atoms with Crippen LogP contribution in [0, 0.1) is 11.3 Å². The number of benzene rings is 2. The fourth-order valence-electron chi connectivity index (χ4n) is 1.97. The lowest BCUT2D eigenvalue weighted by atomic mass is 10.1. The highest BCUT2D eigenvalue weighted by molar-refractivity contribution is 5.66. The van der Waals surface area contributed by atoms with Crippen molar-refractivity contribution in [2.75, 3.05) is 19.0 Å². The Morgan fingerprint density at radius 2 is 1.95 bits per heavy atom. The predicted molar refractivity (Wildman–Crippen MR) is 77.6 cm³/mol. The number of aliphatic hydroxyl groups is 1. The van der Waals surface area contributed by atoms with Crippen LogP contribution in [0.3, 0.4) is 0 Å². The number of methoxy groups -OCH3 is 1. The van der Waals surface area contributed by atoms with Gasteiger partial charge in [0.25, 0.3) is 0 Å². The number of hydrogen-bond donors (Lipinski definition) is 2. The van der Waals surface area contributed by atoms with Crippen molar-refractivity contribution < 1.29 is 9.84 Å². The van der Waals surface area contributed by atoms with Gasteiger partial charge in [-0.2, -0.15) is 5.26 Å². The fraction of sp³-hybridized carbons (Fsp3) is 0.188. The van der Waals surface area contributed by atoms with E-state index in [9.17, 15) is 5.11 Å².